The van der Waals surface area contributed by atoms with Crippen molar-refractivity contribution in [1.29, 1.82) is 0 Å². The molecular weight excluding hydrogens is 320 g/mol. The van der Waals surface area contributed by atoms with Crippen molar-refractivity contribution in [3.05, 3.63) is 71.9 Å². The number of aryl methyl sites for hydroxylation is 1. The van der Waals surface area contributed by atoms with Crippen LogP contribution in [0.3, 0.4) is 0 Å². The van der Waals surface area contributed by atoms with Crippen molar-refractivity contribution in [2.24, 2.45) is 0 Å². The lowest BCUT2D eigenvalue weighted by atomic mass is 9.98. The molecule has 2 aromatic carbocycles. The van der Waals surface area contributed by atoms with Crippen molar-refractivity contribution in [2.75, 3.05) is 19.6 Å². The topological polar surface area (TPSA) is 28.3 Å². The molecule has 1 N–H and O–H groups in total. The largest absolute Gasteiger partial charge is 0.489 e. The van der Waals surface area contributed by atoms with Crippen LogP contribution in [-0.2, 0) is 6.42 Å². The lowest BCUT2D eigenvalue weighted by Crippen LogP contribution is -2.39. The number of fused-ring (bicyclic) bond motifs is 2. The second-order valence-electron chi connectivity index (χ2n) is 7.37. The van der Waals surface area contributed by atoms with Gasteiger partial charge in [0.05, 0.1) is 0 Å². The first kappa shape index (κ1) is 15.7. The van der Waals surface area contributed by atoms with Crippen LogP contribution in [0.4, 0.5) is 0 Å². The van der Waals surface area contributed by atoms with E-state index in [1.165, 1.54) is 27.6 Å². The third kappa shape index (κ3) is 2.93. The molecule has 0 fully saturated rings. The number of nitrogens with zero attached hydrogens (tertiary/aromatic N) is 1. The summed E-state index contributed by atoms with van der Waals surface area (Å²) in [5.74, 6) is 1.08. The number of rotatable bonds is 3. The fourth-order valence-electron chi connectivity index (χ4n) is 4.26. The molecule has 3 nitrogen and oxygen atoms in total. The van der Waals surface area contributed by atoms with Crippen LogP contribution in [0.1, 0.15) is 24.0 Å². The molecule has 5 rings (SSSR count). The lowest BCUT2D eigenvalue weighted by Gasteiger charge is -2.33. The summed E-state index contributed by atoms with van der Waals surface area (Å²) in [6, 6.07) is 17.0. The Hall–Kier alpha value is -2.52. The van der Waals surface area contributed by atoms with Gasteiger partial charge in [0.15, 0.2) is 0 Å². The molecule has 0 spiro atoms. The van der Waals surface area contributed by atoms with Crippen molar-refractivity contribution in [1.82, 2.24) is 9.88 Å². The molecule has 0 saturated heterocycles. The number of para-hydroxylation sites is 2. The van der Waals surface area contributed by atoms with Gasteiger partial charge in [0, 0.05) is 42.3 Å². The fourth-order valence-corrected chi connectivity index (χ4v) is 4.26. The molecule has 3 heteroatoms. The molecule has 3 aromatic rings. The number of H-pyrrole nitrogens is 1. The molecule has 0 radical (unpaired) electrons. The van der Waals surface area contributed by atoms with Crippen molar-refractivity contribution in [3.8, 4) is 5.75 Å². The minimum Gasteiger partial charge on any atom is -0.489 e. The summed E-state index contributed by atoms with van der Waals surface area (Å²) in [5.41, 5.74) is 5.40. The van der Waals surface area contributed by atoms with Crippen LogP contribution in [0.25, 0.3) is 16.5 Å². The number of benzene rings is 2. The van der Waals surface area contributed by atoms with Crippen LogP contribution in [-0.4, -0.2) is 35.6 Å². The van der Waals surface area contributed by atoms with E-state index in [4.69, 9.17) is 4.74 Å². The van der Waals surface area contributed by atoms with Crippen molar-refractivity contribution in [2.45, 2.75) is 25.4 Å². The number of nitrogens with one attached hydrogen (secondary N) is 1. The van der Waals surface area contributed by atoms with Crippen molar-refractivity contribution < 1.29 is 4.74 Å². The molecule has 2 aliphatic rings. The van der Waals surface area contributed by atoms with E-state index in [1.54, 1.807) is 0 Å². The number of ether oxygens (including phenoxy) is 1. The van der Waals surface area contributed by atoms with E-state index in [2.05, 4.69) is 70.7 Å². The third-order valence-corrected chi connectivity index (χ3v) is 5.69. The van der Waals surface area contributed by atoms with Crippen LogP contribution in [0, 0.1) is 0 Å². The molecule has 1 aromatic heterocycles. The normalized spacial score (nSPS) is 20.5. The van der Waals surface area contributed by atoms with Crippen molar-refractivity contribution >= 4 is 16.5 Å². The van der Waals surface area contributed by atoms with Gasteiger partial charge >= 0.3 is 0 Å². The minimum absolute atomic E-state index is 0.313. The first-order valence-corrected chi connectivity index (χ1v) is 9.59. The molecule has 1 unspecified atom stereocenters. The second kappa shape index (κ2) is 6.65. The van der Waals surface area contributed by atoms with Crippen LogP contribution >= 0.6 is 0 Å². The van der Waals surface area contributed by atoms with Gasteiger partial charge in [-0.2, -0.15) is 0 Å². The Morgan fingerprint density at radius 1 is 1.04 bits per heavy atom. The van der Waals surface area contributed by atoms with E-state index in [0.717, 1.165) is 44.6 Å². The standard InChI is InChI=1S/C23H24N2O/c1-4-8-23-18(5-1)9-10-19(26-23)16-25-13-11-17(12-14-25)21-15-24-22-7-3-2-6-20(21)22/h1-8,11,15,19,24H,9-10,12-14,16H2. The summed E-state index contributed by atoms with van der Waals surface area (Å²) < 4.78 is 6.22. The van der Waals surface area contributed by atoms with Gasteiger partial charge < -0.3 is 9.72 Å². The Kier molecular flexibility index (Phi) is 4.02. The molecule has 26 heavy (non-hydrogen) atoms. The van der Waals surface area contributed by atoms with E-state index in [-0.39, 0.29) is 0 Å². The number of aromatic amines is 1. The molecule has 1 atom stereocenters. The van der Waals surface area contributed by atoms with Gasteiger partial charge in [-0.3, -0.25) is 4.90 Å². The fraction of sp³-hybridized carbons (Fsp3) is 0.304. The summed E-state index contributed by atoms with van der Waals surface area (Å²) >= 11 is 0. The minimum atomic E-state index is 0.313. The van der Waals surface area contributed by atoms with Gasteiger partial charge in [-0.15, -0.1) is 0 Å². The molecular formula is C23H24N2O. The van der Waals surface area contributed by atoms with E-state index < -0.39 is 0 Å². The smallest absolute Gasteiger partial charge is 0.122 e. The molecule has 3 heterocycles. The summed E-state index contributed by atoms with van der Waals surface area (Å²) in [7, 11) is 0. The van der Waals surface area contributed by atoms with Gasteiger partial charge in [-0.05, 0) is 42.5 Å². The Morgan fingerprint density at radius 2 is 1.92 bits per heavy atom. The van der Waals surface area contributed by atoms with E-state index in [1.807, 2.05) is 0 Å². The van der Waals surface area contributed by atoms with E-state index in [9.17, 15) is 0 Å². The van der Waals surface area contributed by atoms with E-state index in [0.29, 0.717) is 6.10 Å². The van der Waals surface area contributed by atoms with Crippen LogP contribution in [0.5, 0.6) is 5.75 Å². The highest BCUT2D eigenvalue weighted by Gasteiger charge is 2.23. The molecule has 132 valence electrons. The Morgan fingerprint density at radius 3 is 2.85 bits per heavy atom. The molecule has 0 aliphatic carbocycles. The predicted molar refractivity (Wildman–Crippen MR) is 107 cm³/mol. The first-order valence-electron chi connectivity index (χ1n) is 9.59. The second-order valence-corrected chi connectivity index (χ2v) is 7.37. The maximum Gasteiger partial charge on any atom is 0.122 e. The average Bonchev–Trinajstić information content (AvgIpc) is 3.13. The van der Waals surface area contributed by atoms with Gasteiger partial charge in [0.2, 0.25) is 0 Å². The molecule has 0 bridgehead atoms. The van der Waals surface area contributed by atoms with Crippen molar-refractivity contribution in [3.63, 3.8) is 0 Å². The van der Waals surface area contributed by atoms with E-state index >= 15 is 0 Å². The number of hydrogen-bond donors (Lipinski definition) is 1. The summed E-state index contributed by atoms with van der Waals surface area (Å²) in [4.78, 5) is 5.92. The van der Waals surface area contributed by atoms with Gasteiger partial charge in [0.25, 0.3) is 0 Å². The molecule has 0 saturated carbocycles. The number of hydrogen-bond acceptors (Lipinski definition) is 2. The Balaban J connectivity index is 1.26. The van der Waals surface area contributed by atoms with Gasteiger partial charge in [-0.25, -0.2) is 0 Å². The zero-order valence-corrected chi connectivity index (χ0v) is 14.9. The summed E-state index contributed by atoms with van der Waals surface area (Å²) in [5, 5.41) is 1.33. The zero-order valence-electron chi connectivity index (χ0n) is 14.9. The zero-order chi connectivity index (χ0) is 17.3. The first-order chi connectivity index (χ1) is 12.9. The van der Waals surface area contributed by atoms with Gasteiger partial charge in [0.1, 0.15) is 11.9 Å². The molecule has 2 aliphatic heterocycles. The maximum atomic E-state index is 6.22. The maximum absolute atomic E-state index is 6.22. The highest BCUT2D eigenvalue weighted by atomic mass is 16.5. The van der Waals surface area contributed by atoms with Crippen LogP contribution in [0.15, 0.2) is 60.8 Å². The van der Waals surface area contributed by atoms with Crippen LogP contribution < -0.4 is 4.74 Å². The average molecular weight is 344 g/mol. The van der Waals surface area contributed by atoms with Gasteiger partial charge in [-0.1, -0.05) is 42.5 Å². The predicted octanol–water partition coefficient (Wildman–Crippen LogP) is 4.65. The third-order valence-electron chi connectivity index (χ3n) is 5.69. The van der Waals surface area contributed by atoms with Crippen LogP contribution in [0.2, 0.25) is 0 Å². The molecule has 0 amide bonds. The SMILES string of the molecule is C1=C(c2c[nH]c3ccccc23)CCN(CC2CCc3ccccc3O2)C1. The number of aromatic nitrogens is 1. The Bertz CT molecular complexity index is 956. The lowest BCUT2D eigenvalue weighted by molar-refractivity contribution is 0.120. The monoisotopic (exact) mass is 344 g/mol. The quantitative estimate of drug-likeness (QED) is 0.749. The summed E-state index contributed by atoms with van der Waals surface area (Å²) in [6.07, 6.45) is 8.22. The highest BCUT2D eigenvalue weighted by molar-refractivity contribution is 5.92. The highest BCUT2D eigenvalue weighted by Crippen LogP contribution is 2.30. The summed E-state index contributed by atoms with van der Waals surface area (Å²) in [6.45, 7) is 3.13. The Labute approximate surface area is 154 Å².